The molecule has 0 rings (SSSR count). The summed E-state index contributed by atoms with van der Waals surface area (Å²) in [6.45, 7) is 3.84. The Kier molecular flexibility index (Phi) is 5.61. The zero-order valence-electron chi connectivity index (χ0n) is 6.46. The van der Waals surface area contributed by atoms with E-state index < -0.39 is 0 Å². The Morgan fingerprint density at radius 3 is 2.50 bits per heavy atom. The van der Waals surface area contributed by atoms with Gasteiger partial charge in [0.2, 0.25) is 0 Å². The van der Waals surface area contributed by atoms with E-state index in [4.69, 9.17) is 7.85 Å². The maximum atomic E-state index is 5.48. The van der Waals surface area contributed by atoms with Crippen LogP contribution in [-0.2, 0) is 0 Å². The lowest BCUT2D eigenvalue weighted by molar-refractivity contribution is 1.71. The molecule has 50 valence electrons. The van der Waals surface area contributed by atoms with E-state index in [9.17, 15) is 0 Å². The van der Waals surface area contributed by atoms with Gasteiger partial charge in [-0.25, -0.2) is 0 Å². The van der Waals surface area contributed by atoms with Crippen molar-refractivity contribution in [3.63, 3.8) is 0 Å². The second kappa shape index (κ2) is 6.19. The van der Waals surface area contributed by atoms with E-state index in [2.05, 4.69) is 5.73 Å². The van der Waals surface area contributed by atoms with Gasteiger partial charge in [0.25, 0.3) is 0 Å². The quantitative estimate of drug-likeness (QED) is 0.305. The topological polar surface area (TPSA) is 0 Å². The van der Waals surface area contributed by atoms with Gasteiger partial charge in [0.1, 0.15) is 7.85 Å². The van der Waals surface area contributed by atoms with Crippen molar-refractivity contribution in [1.82, 2.24) is 0 Å². The van der Waals surface area contributed by atoms with Crippen molar-refractivity contribution in [2.45, 2.75) is 13.8 Å². The summed E-state index contributed by atoms with van der Waals surface area (Å²) in [6, 6.07) is 0. The standard InChI is InChI=1S/C9H11B/c1-3-5-6-8-9(10)7-4-2/h3-6,8H,1-2H3/b5-3-,8-6-. The van der Waals surface area contributed by atoms with Gasteiger partial charge in [-0.15, -0.1) is 5.73 Å². The van der Waals surface area contributed by atoms with Gasteiger partial charge < -0.3 is 0 Å². The third-order valence-corrected chi connectivity index (χ3v) is 0.890. The monoisotopic (exact) mass is 130 g/mol. The van der Waals surface area contributed by atoms with Crippen molar-refractivity contribution >= 4 is 7.85 Å². The van der Waals surface area contributed by atoms with Crippen LogP contribution in [0.2, 0.25) is 0 Å². The maximum absolute atomic E-state index is 5.48. The summed E-state index contributed by atoms with van der Waals surface area (Å²) in [6.07, 6.45) is 9.34. The predicted molar refractivity (Wildman–Crippen MR) is 47.0 cm³/mol. The van der Waals surface area contributed by atoms with Crippen LogP contribution < -0.4 is 0 Å². The van der Waals surface area contributed by atoms with E-state index in [0.717, 1.165) is 0 Å². The van der Waals surface area contributed by atoms with Crippen molar-refractivity contribution in [1.29, 1.82) is 0 Å². The number of hydrogen-bond acceptors (Lipinski definition) is 0. The molecule has 10 heavy (non-hydrogen) atoms. The molecule has 0 nitrogen and oxygen atoms in total. The summed E-state index contributed by atoms with van der Waals surface area (Å²) >= 11 is 0. The van der Waals surface area contributed by atoms with Crippen LogP contribution in [0.1, 0.15) is 13.8 Å². The summed E-state index contributed by atoms with van der Waals surface area (Å²) in [4.78, 5) is 0. The van der Waals surface area contributed by atoms with Crippen molar-refractivity contribution in [3.05, 3.63) is 41.6 Å². The summed E-state index contributed by atoms with van der Waals surface area (Å²) in [7, 11) is 5.48. The summed E-state index contributed by atoms with van der Waals surface area (Å²) < 4.78 is 0. The SMILES string of the molecule is [B]C(=C=CC)/C=C\C=C/C. The second-order valence-corrected chi connectivity index (χ2v) is 1.77. The first-order chi connectivity index (χ1) is 4.81. The Hall–Kier alpha value is -0.935. The average molecular weight is 130 g/mol. The van der Waals surface area contributed by atoms with E-state index in [-0.39, 0.29) is 0 Å². The Balaban J connectivity index is 4.02. The van der Waals surface area contributed by atoms with Crippen molar-refractivity contribution in [2.75, 3.05) is 0 Å². The number of hydrogen-bond donors (Lipinski definition) is 0. The molecule has 2 radical (unpaired) electrons. The van der Waals surface area contributed by atoms with Crippen LogP contribution in [0.5, 0.6) is 0 Å². The van der Waals surface area contributed by atoms with Gasteiger partial charge in [-0.1, -0.05) is 29.8 Å². The normalized spacial score (nSPS) is 10.2. The third-order valence-electron chi connectivity index (χ3n) is 0.890. The molecule has 0 aliphatic rings. The molecule has 0 N–H and O–H groups in total. The number of rotatable bonds is 2. The molecule has 0 saturated heterocycles. The predicted octanol–water partition coefficient (Wildman–Crippen LogP) is 2.35. The van der Waals surface area contributed by atoms with Gasteiger partial charge in [0.05, 0.1) is 0 Å². The fourth-order valence-electron chi connectivity index (χ4n) is 0.485. The smallest absolute Gasteiger partial charge is 0.125 e. The minimum atomic E-state index is 0.653. The average Bonchev–Trinajstić information content (AvgIpc) is 1.89. The van der Waals surface area contributed by atoms with Gasteiger partial charge in [0, 0.05) is 0 Å². The summed E-state index contributed by atoms with van der Waals surface area (Å²) in [5.74, 6) is 0. The molecule has 0 aliphatic heterocycles. The lowest BCUT2D eigenvalue weighted by Crippen LogP contribution is -1.68. The molecule has 0 aromatic carbocycles. The highest BCUT2D eigenvalue weighted by molar-refractivity contribution is 6.23. The van der Waals surface area contributed by atoms with Gasteiger partial charge in [0.15, 0.2) is 0 Å². The second-order valence-electron chi connectivity index (χ2n) is 1.77. The molecule has 0 atom stereocenters. The fourth-order valence-corrected chi connectivity index (χ4v) is 0.485. The van der Waals surface area contributed by atoms with Gasteiger partial charge in [-0.05, 0) is 19.9 Å². The first kappa shape index (κ1) is 9.06. The molecule has 1 heteroatoms. The minimum Gasteiger partial charge on any atom is -0.133 e. The molecule has 0 spiro atoms. The van der Waals surface area contributed by atoms with E-state index in [1.807, 2.05) is 32.1 Å². The van der Waals surface area contributed by atoms with E-state index >= 15 is 0 Å². The molecule has 0 aliphatic carbocycles. The van der Waals surface area contributed by atoms with Gasteiger partial charge in [-0.2, -0.15) is 0 Å². The maximum Gasteiger partial charge on any atom is 0.125 e. The van der Waals surface area contributed by atoms with E-state index in [1.165, 1.54) is 0 Å². The molecule has 0 bridgehead atoms. The highest BCUT2D eigenvalue weighted by Crippen LogP contribution is 1.87. The summed E-state index contributed by atoms with van der Waals surface area (Å²) in [5, 5.41) is 0. The molecule has 0 aromatic rings. The van der Waals surface area contributed by atoms with Crippen LogP contribution in [0.15, 0.2) is 41.6 Å². The van der Waals surface area contributed by atoms with Crippen molar-refractivity contribution < 1.29 is 0 Å². The van der Waals surface area contributed by atoms with Crippen LogP contribution in [0.4, 0.5) is 0 Å². The molecule has 0 saturated carbocycles. The minimum absolute atomic E-state index is 0.653. The Bertz CT molecular complexity index is 191. The van der Waals surface area contributed by atoms with E-state index in [0.29, 0.717) is 5.47 Å². The molecular weight excluding hydrogens is 119 g/mol. The first-order valence-corrected chi connectivity index (χ1v) is 3.27. The first-order valence-electron chi connectivity index (χ1n) is 3.27. The molecule has 0 fully saturated rings. The molecule has 0 heterocycles. The molecule has 0 aromatic heterocycles. The zero-order chi connectivity index (χ0) is 7.82. The number of allylic oxidation sites excluding steroid dienone is 5. The largest absolute Gasteiger partial charge is 0.133 e. The van der Waals surface area contributed by atoms with Crippen molar-refractivity contribution in [2.24, 2.45) is 0 Å². The highest BCUT2D eigenvalue weighted by Gasteiger charge is 1.71. The Morgan fingerprint density at radius 2 is 2.00 bits per heavy atom. The Labute approximate surface area is 64.1 Å². The van der Waals surface area contributed by atoms with Crippen LogP contribution in [0, 0.1) is 0 Å². The Morgan fingerprint density at radius 1 is 1.30 bits per heavy atom. The third kappa shape index (κ3) is 5.21. The molecule has 0 unspecified atom stereocenters. The lowest BCUT2D eigenvalue weighted by Gasteiger charge is -1.80. The van der Waals surface area contributed by atoms with Crippen LogP contribution in [0.3, 0.4) is 0 Å². The van der Waals surface area contributed by atoms with Crippen LogP contribution >= 0.6 is 0 Å². The van der Waals surface area contributed by atoms with Gasteiger partial charge in [-0.3, -0.25) is 0 Å². The van der Waals surface area contributed by atoms with E-state index in [1.54, 1.807) is 12.2 Å². The van der Waals surface area contributed by atoms with Crippen LogP contribution in [0.25, 0.3) is 0 Å². The van der Waals surface area contributed by atoms with Crippen LogP contribution in [-0.4, -0.2) is 7.85 Å². The zero-order valence-corrected chi connectivity index (χ0v) is 6.46. The van der Waals surface area contributed by atoms with Gasteiger partial charge >= 0.3 is 0 Å². The lowest BCUT2D eigenvalue weighted by atomic mass is 9.96. The highest BCUT2D eigenvalue weighted by atomic mass is 13.7. The molecule has 0 amide bonds. The fraction of sp³-hybridized carbons (Fsp3) is 0.222. The van der Waals surface area contributed by atoms with Crippen molar-refractivity contribution in [3.8, 4) is 0 Å². The summed E-state index contributed by atoms with van der Waals surface area (Å²) in [5.41, 5.74) is 3.51. The molecular formula is C9H11B.